The van der Waals surface area contributed by atoms with E-state index >= 15 is 0 Å². The fraction of sp³-hybridized carbons (Fsp3) is 0.294. The SMILES string of the molecule is Clc1ccccc1OCc1ccccc1N1CCNCC1. The van der Waals surface area contributed by atoms with Gasteiger partial charge >= 0.3 is 0 Å². The van der Waals surface area contributed by atoms with Crippen molar-refractivity contribution < 1.29 is 4.74 Å². The monoisotopic (exact) mass is 302 g/mol. The Morgan fingerprint density at radius 2 is 1.71 bits per heavy atom. The fourth-order valence-electron chi connectivity index (χ4n) is 2.56. The summed E-state index contributed by atoms with van der Waals surface area (Å²) in [5.41, 5.74) is 2.45. The summed E-state index contributed by atoms with van der Waals surface area (Å²) >= 11 is 6.14. The summed E-state index contributed by atoms with van der Waals surface area (Å²) in [6, 6.07) is 16.0. The number of anilines is 1. The molecule has 0 unspecified atom stereocenters. The molecule has 2 aromatic carbocycles. The Bertz CT molecular complexity index is 597. The van der Waals surface area contributed by atoms with Crippen LogP contribution in [0.4, 0.5) is 5.69 Å². The molecule has 0 aliphatic carbocycles. The van der Waals surface area contributed by atoms with Gasteiger partial charge in [-0.1, -0.05) is 41.9 Å². The first kappa shape index (κ1) is 14.2. The summed E-state index contributed by atoms with van der Waals surface area (Å²) in [5.74, 6) is 0.731. The van der Waals surface area contributed by atoms with Crippen LogP contribution in [0.25, 0.3) is 0 Å². The zero-order valence-corrected chi connectivity index (χ0v) is 12.6. The van der Waals surface area contributed by atoms with E-state index in [0.29, 0.717) is 11.6 Å². The summed E-state index contributed by atoms with van der Waals surface area (Å²) < 4.78 is 5.88. The third kappa shape index (κ3) is 3.49. The van der Waals surface area contributed by atoms with Crippen LogP contribution in [0.2, 0.25) is 5.02 Å². The van der Waals surface area contributed by atoms with Crippen LogP contribution in [0, 0.1) is 0 Å². The van der Waals surface area contributed by atoms with E-state index in [1.54, 1.807) is 0 Å². The van der Waals surface area contributed by atoms with E-state index in [9.17, 15) is 0 Å². The average Bonchev–Trinajstić information content (AvgIpc) is 2.55. The van der Waals surface area contributed by atoms with E-state index in [1.165, 1.54) is 11.3 Å². The number of piperazine rings is 1. The lowest BCUT2D eigenvalue weighted by Gasteiger charge is -2.31. The molecule has 3 nitrogen and oxygen atoms in total. The van der Waals surface area contributed by atoms with Crippen LogP contribution in [0.5, 0.6) is 5.75 Å². The lowest BCUT2D eigenvalue weighted by molar-refractivity contribution is 0.306. The Morgan fingerprint density at radius 1 is 1.00 bits per heavy atom. The van der Waals surface area contributed by atoms with Crippen molar-refractivity contribution in [2.45, 2.75) is 6.61 Å². The molecule has 0 atom stereocenters. The van der Waals surface area contributed by atoms with Crippen molar-refractivity contribution in [1.82, 2.24) is 5.32 Å². The smallest absolute Gasteiger partial charge is 0.138 e. The molecule has 0 saturated carbocycles. The van der Waals surface area contributed by atoms with Gasteiger partial charge in [-0.05, 0) is 18.2 Å². The molecule has 2 aromatic rings. The molecule has 4 heteroatoms. The number of ether oxygens (including phenoxy) is 1. The Labute approximate surface area is 130 Å². The van der Waals surface area contributed by atoms with Crippen molar-refractivity contribution in [3.8, 4) is 5.75 Å². The standard InChI is InChI=1S/C17H19ClN2O/c18-15-6-2-4-8-17(15)21-13-14-5-1-3-7-16(14)20-11-9-19-10-12-20/h1-8,19H,9-13H2. The van der Waals surface area contributed by atoms with Crippen molar-refractivity contribution in [2.75, 3.05) is 31.1 Å². The first-order valence-corrected chi connectivity index (χ1v) is 7.63. The molecule has 1 N–H and O–H groups in total. The summed E-state index contributed by atoms with van der Waals surface area (Å²) in [5, 5.41) is 4.03. The van der Waals surface area contributed by atoms with Crippen molar-refractivity contribution in [3.05, 3.63) is 59.1 Å². The highest BCUT2D eigenvalue weighted by molar-refractivity contribution is 6.32. The minimum absolute atomic E-state index is 0.532. The Balaban J connectivity index is 1.74. The Morgan fingerprint density at radius 3 is 2.52 bits per heavy atom. The molecule has 0 bridgehead atoms. The predicted molar refractivity (Wildman–Crippen MR) is 87.3 cm³/mol. The van der Waals surface area contributed by atoms with Crippen molar-refractivity contribution in [2.24, 2.45) is 0 Å². The highest BCUT2D eigenvalue weighted by atomic mass is 35.5. The van der Waals surface area contributed by atoms with Crippen LogP contribution in [0.3, 0.4) is 0 Å². The zero-order chi connectivity index (χ0) is 14.5. The topological polar surface area (TPSA) is 24.5 Å². The molecule has 3 rings (SSSR count). The second-order valence-corrected chi connectivity index (χ2v) is 5.49. The number of nitrogens with zero attached hydrogens (tertiary/aromatic N) is 1. The number of hydrogen-bond acceptors (Lipinski definition) is 3. The van der Waals surface area contributed by atoms with Gasteiger partial charge in [0.2, 0.25) is 0 Å². The van der Waals surface area contributed by atoms with Gasteiger partial charge < -0.3 is 15.0 Å². The first-order chi connectivity index (χ1) is 10.3. The van der Waals surface area contributed by atoms with E-state index in [0.717, 1.165) is 31.9 Å². The molecular formula is C17H19ClN2O. The van der Waals surface area contributed by atoms with Crippen LogP contribution >= 0.6 is 11.6 Å². The molecule has 0 amide bonds. The van der Waals surface area contributed by atoms with E-state index in [4.69, 9.17) is 16.3 Å². The molecule has 1 fully saturated rings. The minimum atomic E-state index is 0.532. The quantitative estimate of drug-likeness (QED) is 0.937. The van der Waals surface area contributed by atoms with Gasteiger partial charge in [-0.25, -0.2) is 0 Å². The third-order valence-corrected chi connectivity index (χ3v) is 3.98. The van der Waals surface area contributed by atoms with Gasteiger partial charge in [-0.2, -0.15) is 0 Å². The van der Waals surface area contributed by atoms with Gasteiger partial charge in [0, 0.05) is 37.4 Å². The molecule has 1 aliphatic heterocycles. The van der Waals surface area contributed by atoms with Crippen molar-refractivity contribution in [1.29, 1.82) is 0 Å². The van der Waals surface area contributed by atoms with Gasteiger partial charge in [0.15, 0.2) is 0 Å². The highest BCUT2D eigenvalue weighted by Gasteiger charge is 2.14. The summed E-state index contributed by atoms with van der Waals surface area (Å²) in [4.78, 5) is 2.40. The van der Waals surface area contributed by atoms with Crippen molar-refractivity contribution >= 4 is 17.3 Å². The molecule has 21 heavy (non-hydrogen) atoms. The molecule has 1 aliphatic rings. The van der Waals surface area contributed by atoms with Gasteiger partial charge in [0.1, 0.15) is 12.4 Å². The fourth-order valence-corrected chi connectivity index (χ4v) is 2.75. The number of halogens is 1. The molecule has 1 heterocycles. The maximum Gasteiger partial charge on any atom is 0.138 e. The van der Waals surface area contributed by atoms with E-state index < -0.39 is 0 Å². The number of rotatable bonds is 4. The molecule has 1 saturated heterocycles. The van der Waals surface area contributed by atoms with E-state index in [1.807, 2.05) is 24.3 Å². The lowest BCUT2D eigenvalue weighted by atomic mass is 10.1. The van der Waals surface area contributed by atoms with Crippen LogP contribution in [0.15, 0.2) is 48.5 Å². The zero-order valence-electron chi connectivity index (χ0n) is 11.9. The first-order valence-electron chi connectivity index (χ1n) is 7.25. The molecular weight excluding hydrogens is 284 g/mol. The van der Waals surface area contributed by atoms with Gasteiger partial charge in [0.25, 0.3) is 0 Å². The maximum atomic E-state index is 6.14. The second-order valence-electron chi connectivity index (χ2n) is 5.08. The number of hydrogen-bond donors (Lipinski definition) is 1. The average molecular weight is 303 g/mol. The molecule has 0 radical (unpaired) electrons. The maximum absolute atomic E-state index is 6.14. The van der Waals surface area contributed by atoms with Crippen LogP contribution in [-0.2, 0) is 6.61 Å². The third-order valence-electron chi connectivity index (χ3n) is 3.67. The lowest BCUT2D eigenvalue weighted by Crippen LogP contribution is -2.43. The molecule has 0 aromatic heterocycles. The summed E-state index contributed by atoms with van der Waals surface area (Å²) in [6.07, 6.45) is 0. The molecule has 0 spiro atoms. The van der Waals surface area contributed by atoms with Crippen LogP contribution < -0.4 is 15.0 Å². The normalized spacial score (nSPS) is 15.0. The van der Waals surface area contributed by atoms with E-state index in [2.05, 4.69) is 34.5 Å². The Kier molecular flexibility index (Phi) is 4.63. The number of para-hydroxylation sites is 2. The highest BCUT2D eigenvalue weighted by Crippen LogP contribution is 2.26. The van der Waals surface area contributed by atoms with Crippen LogP contribution in [0.1, 0.15) is 5.56 Å². The Hall–Kier alpha value is -1.71. The largest absolute Gasteiger partial charge is 0.487 e. The number of benzene rings is 2. The molecule has 110 valence electrons. The minimum Gasteiger partial charge on any atom is -0.487 e. The second kappa shape index (κ2) is 6.83. The summed E-state index contributed by atoms with van der Waals surface area (Å²) in [6.45, 7) is 4.65. The van der Waals surface area contributed by atoms with Gasteiger partial charge in [0.05, 0.1) is 5.02 Å². The number of nitrogens with one attached hydrogen (secondary N) is 1. The van der Waals surface area contributed by atoms with Gasteiger partial charge in [-0.15, -0.1) is 0 Å². The van der Waals surface area contributed by atoms with Crippen LogP contribution in [-0.4, -0.2) is 26.2 Å². The summed E-state index contributed by atoms with van der Waals surface area (Å²) in [7, 11) is 0. The van der Waals surface area contributed by atoms with E-state index in [-0.39, 0.29) is 0 Å². The van der Waals surface area contributed by atoms with Crippen molar-refractivity contribution in [3.63, 3.8) is 0 Å². The van der Waals surface area contributed by atoms with Gasteiger partial charge in [-0.3, -0.25) is 0 Å². The predicted octanol–water partition coefficient (Wildman–Crippen LogP) is 3.33.